The van der Waals surface area contributed by atoms with Gasteiger partial charge in [0.05, 0.1) is 18.9 Å². The molecule has 5 nitrogen and oxygen atoms in total. The van der Waals surface area contributed by atoms with Crippen LogP contribution in [0.15, 0.2) is 18.2 Å². The number of nitrogens with one attached hydrogen (secondary N) is 1. The first-order valence-electron chi connectivity index (χ1n) is 5.86. The molecule has 0 radical (unpaired) electrons. The van der Waals surface area contributed by atoms with Gasteiger partial charge in [0.25, 0.3) is 0 Å². The maximum Gasteiger partial charge on any atom is 0.171 e. The highest BCUT2D eigenvalue weighted by Gasteiger charge is 2.17. The Labute approximate surface area is 110 Å². The van der Waals surface area contributed by atoms with Crippen LogP contribution in [0.1, 0.15) is 13.8 Å². The minimum atomic E-state index is -0.420. The molecule has 1 aromatic heterocycles. The van der Waals surface area contributed by atoms with Gasteiger partial charge in [0.2, 0.25) is 0 Å². The molecule has 2 rings (SSSR count). The molecule has 1 aromatic carbocycles. The molecule has 6 heteroatoms. The third-order valence-corrected chi connectivity index (χ3v) is 2.48. The molecule has 0 fully saturated rings. The van der Waals surface area contributed by atoms with Crippen LogP contribution in [0.4, 0.5) is 10.2 Å². The number of hydrogen-bond donors (Lipinski definition) is 2. The second-order valence-electron chi connectivity index (χ2n) is 4.36. The van der Waals surface area contributed by atoms with E-state index in [1.54, 1.807) is 6.07 Å². The Morgan fingerprint density at radius 2 is 2.05 bits per heavy atom. The van der Waals surface area contributed by atoms with Crippen LogP contribution in [0.5, 0.6) is 11.5 Å². The molecule has 0 aliphatic carbocycles. The largest absolute Gasteiger partial charge is 0.493 e. The van der Waals surface area contributed by atoms with Crippen LogP contribution in [0.3, 0.4) is 0 Å². The lowest BCUT2D eigenvalue weighted by Gasteiger charge is -2.17. The minimum Gasteiger partial charge on any atom is -0.493 e. The second kappa shape index (κ2) is 5.17. The van der Waals surface area contributed by atoms with Gasteiger partial charge in [-0.3, -0.25) is 5.10 Å². The summed E-state index contributed by atoms with van der Waals surface area (Å²) in [6, 6.07) is 4.25. The van der Waals surface area contributed by atoms with Gasteiger partial charge in [0, 0.05) is 17.7 Å². The molecule has 1 heterocycles. The van der Waals surface area contributed by atoms with Crippen LogP contribution >= 0.6 is 0 Å². The molecular weight excluding hydrogens is 249 g/mol. The number of hydrogen-bond acceptors (Lipinski definition) is 4. The van der Waals surface area contributed by atoms with Crippen molar-refractivity contribution in [3.05, 3.63) is 24.0 Å². The van der Waals surface area contributed by atoms with Gasteiger partial charge in [-0.1, -0.05) is 0 Å². The molecule has 0 amide bonds. The normalized spacial score (nSPS) is 10.8. The average molecular weight is 265 g/mol. The van der Waals surface area contributed by atoms with Crippen molar-refractivity contribution >= 4 is 5.82 Å². The van der Waals surface area contributed by atoms with Gasteiger partial charge in [0.15, 0.2) is 11.5 Å². The lowest BCUT2D eigenvalue weighted by molar-refractivity contribution is 0.230. The number of nitrogens with two attached hydrogens (primary N) is 1. The van der Waals surface area contributed by atoms with E-state index in [0.29, 0.717) is 28.6 Å². The molecule has 0 bridgehead atoms. The van der Waals surface area contributed by atoms with E-state index < -0.39 is 5.82 Å². The Bertz CT molecular complexity index is 581. The first kappa shape index (κ1) is 13.2. The Morgan fingerprint density at radius 1 is 1.32 bits per heavy atom. The molecule has 0 unspecified atom stereocenters. The van der Waals surface area contributed by atoms with Crippen LogP contribution in [-0.2, 0) is 0 Å². The van der Waals surface area contributed by atoms with E-state index >= 15 is 0 Å². The summed E-state index contributed by atoms with van der Waals surface area (Å²) in [5.41, 5.74) is 6.67. The predicted molar refractivity (Wildman–Crippen MR) is 70.7 cm³/mol. The van der Waals surface area contributed by atoms with Crippen LogP contribution in [0.2, 0.25) is 0 Å². The fourth-order valence-corrected chi connectivity index (χ4v) is 1.75. The number of anilines is 1. The molecule has 0 atom stereocenters. The molecule has 3 N–H and O–H groups in total. The molecule has 19 heavy (non-hydrogen) atoms. The number of aromatic amines is 1. The number of halogens is 1. The third kappa shape index (κ3) is 2.78. The fourth-order valence-electron chi connectivity index (χ4n) is 1.75. The third-order valence-electron chi connectivity index (χ3n) is 2.48. The van der Waals surface area contributed by atoms with E-state index in [0.717, 1.165) is 0 Å². The summed E-state index contributed by atoms with van der Waals surface area (Å²) in [4.78, 5) is 0. The number of aromatic nitrogens is 2. The average Bonchev–Trinajstić information content (AvgIpc) is 2.77. The van der Waals surface area contributed by atoms with E-state index in [1.165, 1.54) is 19.2 Å². The van der Waals surface area contributed by atoms with E-state index in [-0.39, 0.29) is 6.10 Å². The highest BCUT2D eigenvalue weighted by atomic mass is 19.1. The van der Waals surface area contributed by atoms with Crippen LogP contribution in [0, 0.1) is 5.82 Å². The fraction of sp³-hybridized carbons (Fsp3) is 0.308. The zero-order valence-corrected chi connectivity index (χ0v) is 11.0. The van der Waals surface area contributed by atoms with E-state index in [2.05, 4.69) is 10.2 Å². The molecular formula is C13H16FN3O2. The van der Waals surface area contributed by atoms with Gasteiger partial charge >= 0.3 is 0 Å². The van der Waals surface area contributed by atoms with E-state index in [4.69, 9.17) is 15.2 Å². The molecule has 0 aliphatic rings. The molecule has 0 aliphatic heterocycles. The maximum atomic E-state index is 13.6. The van der Waals surface area contributed by atoms with E-state index in [9.17, 15) is 4.39 Å². The second-order valence-corrected chi connectivity index (χ2v) is 4.36. The minimum absolute atomic E-state index is 0.0709. The van der Waals surface area contributed by atoms with E-state index in [1.807, 2.05) is 13.8 Å². The molecule has 2 aromatic rings. The molecule has 0 saturated heterocycles. The lowest BCUT2D eigenvalue weighted by Crippen LogP contribution is -2.08. The first-order chi connectivity index (χ1) is 9.01. The Balaban J connectivity index is 2.59. The number of benzene rings is 1. The number of ether oxygens (including phenoxy) is 2. The van der Waals surface area contributed by atoms with Gasteiger partial charge in [0.1, 0.15) is 11.6 Å². The number of nitrogens with zero attached hydrogens (tertiary/aromatic N) is 1. The zero-order valence-electron chi connectivity index (χ0n) is 11.0. The summed E-state index contributed by atoms with van der Waals surface area (Å²) < 4.78 is 24.5. The first-order valence-corrected chi connectivity index (χ1v) is 5.86. The number of nitrogen functional groups attached to an aromatic ring is 1. The van der Waals surface area contributed by atoms with Crippen LogP contribution in [0.25, 0.3) is 11.3 Å². The quantitative estimate of drug-likeness (QED) is 0.891. The molecule has 0 spiro atoms. The molecule has 0 saturated carbocycles. The maximum absolute atomic E-state index is 13.6. The van der Waals surface area contributed by atoms with Crippen molar-refractivity contribution < 1.29 is 13.9 Å². The highest BCUT2D eigenvalue weighted by Crippen LogP contribution is 2.39. The lowest BCUT2D eigenvalue weighted by atomic mass is 10.1. The van der Waals surface area contributed by atoms with Crippen molar-refractivity contribution in [3.63, 3.8) is 0 Å². The predicted octanol–water partition coefficient (Wildman–Crippen LogP) is 2.59. The van der Waals surface area contributed by atoms with Gasteiger partial charge in [-0.05, 0) is 19.9 Å². The van der Waals surface area contributed by atoms with Crippen molar-refractivity contribution in [1.29, 1.82) is 0 Å². The highest BCUT2D eigenvalue weighted by molar-refractivity contribution is 5.72. The molecule has 102 valence electrons. The number of methoxy groups -OCH3 is 1. The summed E-state index contributed by atoms with van der Waals surface area (Å²) in [6.45, 7) is 3.77. The Kier molecular flexibility index (Phi) is 3.59. The summed E-state index contributed by atoms with van der Waals surface area (Å²) in [7, 11) is 1.47. The smallest absolute Gasteiger partial charge is 0.171 e. The van der Waals surface area contributed by atoms with Crippen LogP contribution in [-0.4, -0.2) is 23.4 Å². The number of rotatable bonds is 4. The monoisotopic (exact) mass is 265 g/mol. The van der Waals surface area contributed by atoms with Gasteiger partial charge in [-0.25, -0.2) is 4.39 Å². The van der Waals surface area contributed by atoms with Crippen molar-refractivity contribution in [1.82, 2.24) is 10.2 Å². The van der Waals surface area contributed by atoms with Crippen molar-refractivity contribution in [2.45, 2.75) is 20.0 Å². The van der Waals surface area contributed by atoms with Crippen molar-refractivity contribution in [3.8, 4) is 22.8 Å². The van der Waals surface area contributed by atoms with Gasteiger partial charge in [-0.2, -0.15) is 5.10 Å². The summed E-state index contributed by atoms with van der Waals surface area (Å²) in [6.07, 6.45) is -0.0709. The topological polar surface area (TPSA) is 73.2 Å². The van der Waals surface area contributed by atoms with Crippen LogP contribution < -0.4 is 15.2 Å². The Hall–Kier alpha value is -2.24. The summed E-state index contributed by atoms with van der Waals surface area (Å²) in [5.74, 6) is 0.698. The summed E-state index contributed by atoms with van der Waals surface area (Å²) in [5, 5.41) is 6.57. The Morgan fingerprint density at radius 3 is 2.58 bits per heavy atom. The van der Waals surface area contributed by atoms with Crippen molar-refractivity contribution in [2.24, 2.45) is 0 Å². The SMILES string of the molecule is COc1cc(F)cc(-c2cc(N)n[nH]2)c1OC(C)C. The number of H-pyrrole nitrogens is 1. The zero-order chi connectivity index (χ0) is 14.0. The standard InChI is InChI=1S/C13H16FN3O2/c1-7(2)19-13-9(10-6-12(15)17-16-10)4-8(14)5-11(13)18-3/h4-7H,1-3H3,(H3,15,16,17). The van der Waals surface area contributed by atoms with Gasteiger partial charge < -0.3 is 15.2 Å². The van der Waals surface area contributed by atoms with Gasteiger partial charge in [-0.15, -0.1) is 0 Å². The summed E-state index contributed by atoms with van der Waals surface area (Å²) >= 11 is 0. The van der Waals surface area contributed by atoms with Crippen molar-refractivity contribution in [2.75, 3.05) is 12.8 Å².